The molecular weight excluding hydrogens is 483 g/mol. The summed E-state index contributed by atoms with van der Waals surface area (Å²) in [5.74, 6) is 1.28. The number of hydrogen-bond donors (Lipinski definition) is 2. The molecule has 1 fully saturated rings. The van der Waals surface area contributed by atoms with Crippen molar-refractivity contribution >= 4 is 17.5 Å². The maximum absolute atomic E-state index is 13.3. The van der Waals surface area contributed by atoms with Gasteiger partial charge in [0.15, 0.2) is 0 Å². The molecule has 0 saturated heterocycles. The zero-order chi connectivity index (χ0) is 27.9. The molecule has 6 nitrogen and oxygen atoms in total. The molecular formula is C31H37FN2O4. The fraction of sp³-hybridized carbons (Fsp3) is 0.355. The molecule has 2 aliphatic rings. The number of ether oxygens (including phenoxy) is 2. The Morgan fingerprint density at radius 3 is 2.32 bits per heavy atom. The number of carbonyl (C=O) groups excluding carboxylic acids is 2. The molecule has 0 aliphatic heterocycles. The van der Waals surface area contributed by atoms with Crippen molar-refractivity contribution in [2.24, 2.45) is 11.3 Å². The molecule has 0 spiro atoms. The number of methoxy groups -OCH3 is 1. The Hall–Kier alpha value is -3.87. The van der Waals surface area contributed by atoms with Gasteiger partial charge in [-0.15, -0.1) is 0 Å². The Kier molecular flexibility index (Phi) is 9.50. The first kappa shape index (κ1) is 28.7. The number of rotatable bonds is 12. The third-order valence-corrected chi connectivity index (χ3v) is 6.69. The second-order valence-corrected chi connectivity index (χ2v) is 9.92. The van der Waals surface area contributed by atoms with E-state index in [1.54, 1.807) is 43.5 Å². The minimum absolute atomic E-state index is 0.115. The van der Waals surface area contributed by atoms with Crippen molar-refractivity contribution in [1.82, 2.24) is 5.32 Å². The van der Waals surface area contributed by atoms with Gasteiger partial charge in [0.2, 0.25) is 11.8 Å². The number of carbonyl (C=O) groups is 2. The van der Waals surface area contributed by atoms with Crippen LogP contribution in [-0.2, 0) is 14.3 Å². The van der Waals surface area contributed by atoms with E-state index < -0.39 is 11.6 Å². The van der Waals surface area contributed by atoms with E-state index in [0.29, 0.717) is 42.2 Å². The highest BCUT2D eigenvalue weighted by Crippen LogP contribution is 2.47. The van der Waals surface area contributed by atoms with Crippen molar-refractivity contribution in [3.05, 3.63) is 96.2 Å². The summed E-state index contributed by atoms with van der Waals surface area (Å²) in [6.07, 6.45) is 8.72. The van der Waals surface area contributed by atoms with E-state index in [1.807, 2.05) is 26.8 Å². The lowest BCUT2D eigenvalue weighted by atomic mass is 9.93. The van der Waals surface area contributed by atoms with Crippen molar-refractivity contribution in [3.8, 4) is 5.75 Å². The number of benzene rings is 1. The Labute approximate surface area is 224 Å². The van der Waals surface area contributed by atoms with Gasteiger partial charge in [-0.05, 0) is 81.7 Å². The molecule has 202 valence electrons. The Morgan fingerprint density at radius 2 is 1.82 bits per heavy atom. The molecule has 1 saturated carbocycles. The molecule has 2 N–H and O–H groups in total. The van der Waals surface area contributed by atoms with Gasteiger partial charge in [-0.2, -0.15) is 0 Å². The van der Waals surface area contributed by atoms with E-state index in [1.165, 1.54) is 12.2 Å². The van der Waals surface area contributed by atoms with Crippen LogP contribution in [0.2, 0.25) is 0 Å². The maximum Gasteiger partial charge on any atom is 0.240 e. The van der Waals surface area contributed by atoms with Gasteiger partial charge in [-0.1, -0.05) is 30.9 Å². The van der Waals surface area contributed by atoms with Crippen LogP contribution in [0.3, 0.4) is 0 Å². The van der Waals surface area contributed by atoms with Crippen molar-refractivity contribution in [2.45, 2.75) is 52.6 Å². The van der Waals surface area contributed by atoms with Crippen LogP contribution in [0.5, 0.6) is 5.75 Å². The minimum atomic E-state index is -1.12. The average Bonchev–Trinajstić information content (AvgIpc) is 3.69. The van der Waals surface area contributed by atoms with Gasteiger partial charge in [-0.25, -0.2) is 4.39 Å². The molecule has 2 amide bonds. The van der Waals surface area contributed by atoms with Crippen LogP contribution in [0, 0.1) is 11.3 Å². The quantitative estimate of drug-likeness (QED) is 0.140. The topological polar surface area (TPSA) is 76.7 Å². The molecule has 2 unspecified atom stereocenters. The van der Waals surface area contributed by atoms with E-state index >= 15 is 0 Å². The van der Waals surface area contributed by atoms with Gasteiger partial charge in [0.1, 0.15) is 23.1 Å². The molecule has 0 bridgehead atoms. The summed E-state index contributed by atoms with van der Waals surface area (Å²) in [6.45, 7) is 13.9. The van der Waals surface area contributed by atoms with Gasteiger partial charge < -0.3 is 20.1 Å². The summed E-state index contributed by atoms with van der Waals surface area (Å²) in [6, 6.07) is 6.97. The van der Waals surface area contributed by atoms with Crippen LogP contribution >= 0.6 is 0 Å². The van der Waals surface area contributed by atoms with Gasteiger partial charge in [0.25, 0.3) is 0 Å². The fourth-order valence-electron chi connectivity index (χ4n) is 4.15. The lowest BCUT2D eigenvalue weighted by Gasteiger charge is -2.23. The largest absolute Gasteiger partial charge is 0.501 e. The Balaban J connectivity index is 1.66. The first-order chi connectivity index (χ1) is 18.1. The summed E-state index contributed by atoms with van der Waals surface area (Å²) in [7, 11) is 1.66. The van der Waals surface area contributed by atoms with E-state index in [9.17, 15) is 14.0 Å². The SMILES string of the molecule is C=C/C=C(/Oc1ccc(NC(=O)C2(C(=O)NC3=CCC(F)C=C3)CC2)cc1)C(CC(OC)=C(C)C)C(=C)C. The third-order valence-electron chi connectivity index (χ3n) is 6.69. The molecule has 2 atom stereocenters. The van der Waals surface area contributed by atoms with Gasteiger partial charge in [0, 0.05) is 30.1 Å². The standard InChI is InChI=1S/C31H37FN2O4/c1-7-8-27(26(20(2)3)19-28(37-6)21(4)5)38-25-15-13-24(14-16-25)34-30(36)31(17-18-31)29(35)33-23-11-9-22(32)10-12-23/h7-9,11-16,22,26H,1-2,10,17-19H2,3-6H3,(H,33,35)(H,34,36)/b27-8+. The van der Waals surface area contributed by atoms with Crippen molar-refractivity contribution in [3.63, 3.8) is 0 Å². The number of nitrogens with one attached hydrogen (secondary N) is 2. The average molecular weight is 521 g/mol. The first-order valence-corrected chi connectivity index (χ1v) is 12.7. The molecule has 2 aliphatic carbocycles. The van der Waals surface area contributed by atoms with E-state index in [0.717, 1.165) is 16.9 Å². The second-order valence-electron chi connectivity index (χ2n) is 9.92. The molecule has 1 aromatic rings. The Bertz CT molecular complexity index is 1200. The summed E-state index contributed by atoms with van der Waals surface area (Å²) >= 11 is 0. The lowest BCUT2D eigenvalue weighted by Crippen LogP contribution is -2.39. The molecule has 0 heterocycles. The lowest BCUT2D eigenvalue weighted by molar-refractivity contribution is -0.133. The molecule has 0 aromatic heterocycles. The van der Waals surface area contributed by atoms with Crippen LogP contribution in [0.25, 0.3) is 0 Å². The van der Waals surface area contributed by atoms with Gasteiger partial charge in [-0.3, -0.25) is 9.59 Å². The number of alkyl halides is 1. The summed E-state index contributed by atoms with van der Waals surface area (Å²) in [5, 5.41) is 5.59. The Morgan fingerprint density at radius 1 is 1.16 bits per heavy atom. The highest BCUT2D eigenvalue weighted by Gasteiger charge is 2.56. The van der Waals surface area contributed by atoms with Crippen molar-refractivity contribution < 1.29 is 23.5 Å². The number of amides is 2. The summed E-state index contributed by atoms with van der Waals surface area (Å²) in [4.78, 5) is 25.8. The third kappa shape index (κ3) is 7.12. The van der Waals surface area contributed by atoms with Crippen LogP contribution < -0.4 is 15.4 Å². The highest BCUT2D eigenvalue weighted by atomic mass is 19.1. The van der Waals surface area contributed by atoms with Crippen LogP contribution in [0.4, 0.5) is 10.1 Å². The van der Waals surface area contributed by atoms with Gasteiger partial charge >= 0.3 is 0 Å². The highest BCUT2D eigenvalue weighted by molar-refractivity contribution is 6.13. The number of allylic oxidation sites excluding steroid dienone is 8. The molecule has 1 aromatic carbocycles. The van der Waals surface area contributed by atoms with Crippen LogP contribution in [-0.4, -0.2) is 25.1 Å². The smallest absolute Gasteiger partial charge is 0.240 e. The predicted octanol–water partition coefficient (Wildman–Crippen LogP) is 6.67. The normalized spacial score (nSPS) is 18.4. The number of halogens is 1. The van der Waals surface area contributed by atoms with Crippen LogP contribution in [0.15, 0.2) is 96.2 Å². The molecule has 38 heavy (non-hydrogen) atoms. The zero-order valence-corrected chi connectivity index (χ0v) is 22.6. The monoisotopic (exact) mass is 520 g/mol. The predicted molar refractivity (Wildman–Crippen MR) is 149 cm³/mol. The number of hydrogen-bond acceptors (Lipinski definition) is 4. The van der Waals surface area contributed by atoms with Gasteiger partial charge in [0.05, 0.1) is 12.9 Å². The van der Waals surface area contributed by atoms with E-state index in [2.05, 4.69) is 23.8 Å². The molecule has 7 heteroatoms. The number of anilines is 1. The maximum atomic E-state index is 13.3. The molecule has 0 radical (unpaired) electrons. The minimum Gasteiger partial charge on any atom is -0.501 e. The molecule has 3 rings (SSSR count). The van der Waals surface area contributed by atoms with E-state index in [4.69, 9.17) is 9.47 Å². The summed E-state index contributed by atoms with van der Waals surface area (Å²) < 4.78 is 25.0. The first-order valence-electron chi connectivity index (χ1n) is 12.7. The zero-order valence-electron chi connectivity index (χ0n) is 22.6. The fourth-order valence-corrected chi connectivity index (χ4v) is 4.15. The van der Waals surface area contributed by atoms with Crippen molar-refractivity contribution in [2.75, 3.05) is 12.4 Å². The second kappa shape index (κ2) is 12.6. The van der Waals surface area contributed by atoms with Crippen molar-refractivity contribution in [1.29, 1.82) is 0 Å². The summed E-state index contributed by atoms with van der Waals surface area (Å²) in [5.41, 5.74) is 1.96. The van der Waals surface area contributed by atoms with Crippen LogP contribution in [0.1, 0.15) is 46.5 Å². The van der Waals surface area contributed by atoms with E-state index in [-0.39, 0.29) is 24.2 Å².